The number of benzene rings is 1. The van der Waals surface area contributed by atoms with E-state index in [4.69, 9.17) is 0 Å². The molecule has 0 bridgehead atoms. The van der Waals surface area contributed by atoms with Gasteiger partial charge in [0.15, 0.2) is 0 Å². The van der Waals surface area contributed by atoms with E-state index in [1.165, 1.54) is 36.8 Å². The molecule has 4 fully saturated rings. The fraction of sp³-hybridized carbons (Fsp3) is 0.605. The molecule has 9 atom stereocenters. The van der Waals surface area contributed by atoms with Crippen molar-refractivity contribution in [3.05, 3.63) is 83.7 Å². The van der Waals surface area contributed by atoms with Crippen LogP contribution in [-0.4, -0.2) is 22.0 Å². The number of aromatic carboxylic acids is 1. The van der Waals surface area contributed by atoms with Crippen molar-refractivity contribution in [2.24, 2.45) is 56.7 Å². The molecule has 2 N–H and O–H groups in total. The third kappa shape index (κ3) is 4.65. The zero-order valence-electron chi connectivity index (χ0n) is 30.1. The minimum atomic E-state index is -0.876. The van der Waals surface area contributed by atoms with E-state index in [1.54, 1.807) is 18.3 Å². The summed E-state index contributed by atoms with van der Waals surface area (Å²) in [7, 11) is 0. The number of carbonyl (C=O) groups excluding carboxylic acids is 1. The highest BCUT2D eigenvalue weighted by Gasteiger charge is 2.71. The summed E-state index contributed by atoms with van der Waals surface area (Å²) in [6.45, 7) is 20.1. The Morgan fingerprint density at radius 3 is 2.33 bits per heavy atom. The lowest BCUT2D eigenvalue weighted by molar-refractivity contribution is -0.225. The van der Waals surface area contributed by atoms with Gasteiger partial charge >= 0.3 is 5.97 Å². The number of allylic oxidation sites excluding steroid dienone is 3. The molecule has 5 heteroatoms. The number of nitrogens with one attached hydrogen (secondary N) is 1. The van der Waals surface area contributed by atoms with Gasteiger partial charge in [-0.05, 0) is 151 Å². The van der Waals surface area contributed by atoms with E-state index in [0.29, 0.717) is 41.7 Å². The van der Waals surface area contributed by atoms with Gasteiger partial charge in [0.1, 0.15) is 0 Å². The maximum absolute atomic E-state index is 14.4. The molecule has 5 aliphatic carbocycles. The van der Waals surface area contributed by atoms with Crippen LogP contribution < -0.4 is 5.32 Å². The van der Waals surface area contributed by atoms with Crippen LogP contribution in [0.5, 0.6) is 0 Å². The summed E-state index contributed by atoms with van der Waals surface area (Å²) in [6.07, 6.45) is 16.2. The van der Waals surface area contributed by atoms with Crippen molar-refractivity contribution in [2.45, 2.75) is 106 Å². The lowest BCUT2D eigenvalue weighted by atomic mass is 9.32. The van der Waals surface area contributed by atoms with Crippen molar-refractivity contribution in [1.29, 1.82) is 0 Å². The zero-order chi connectivity index (χ0) is 34.3. The minimum Gasteiger partial charge on any atom is -0.478 e. The van der Waals surface area contributed by atoms with E-state index in [0.717, 1.165) is 43.2 Å². The maximum atomic E-state index is 14.4. The largest absolute Gasteiger partial charge is 0.478 e. The van der Waals surface area contributed by atoms with Crippen LogP contribution in [0.25, 0.3) is 5.57 Å². The number of aromatic nitrogens is 1. The lowest BCUT2D eigenvalue weighted by Gasteiger charge is -2.72. The Morgan fingerprint density at radius 2 is 1.67 bits per heavy atom. The van der Waals surface area contributed by atoms with Gasteiger partial charge in [-0.2, -0.15) is 0 Å². The second-order valence-electron chi connectivity index (χ2n) is 17.8. The molecule has 1 amide bonds. The van der Waals surface area contributed by atoms with Gasteiger partial charge in [-0.1, -0.05) is 71.0 Å². The first kappa shape index (κ1) is 33.3. The third-order valence-electron chi connectivity index (χ3n) is 15.7. The summed E-state index contributed by atoms with van der Waals surface area (Å²) in [5.74, 6) is 1.81. The van der Waals surface area contributed by atoms with Gasteiger partial charge in [0.05, 0.1) is 11.0 Å². The van der Waals surface area contributed by atoms with Gasteiger partial charge < -0.3 is 10.4 Å². The van der Waals surface area contributed by atoms with Crippen molar-refractivity contribution in [3.8, 4) is 0 Å². The van der Waals surface area contributed by atoms with Crippen molar-refractivity contribution in [1.82, 2.24) is 10.3 Å². The van der Waals surface area contributed by atoms with Gasteiger partial charge in [-0.25, -0.2) is 4.79 Å². The van der Waals surface area contributed by atoms with Crippen LogP contribution in [0.2, 0.25) is 0 Å². The second kappa shape index (κ2) is 11.4. The number of hydrogen-bond donors (Lipinski definition) is 2. The average Bonchev–Trinajstić information content (AvgIpc) is 3.46. The number of hydrogen-bond acceptors (Lipinski definition) is 3. The number of rotatable bonds is 6. The molecule has 9 unspecified atom stereocenters. The Kier molecular flexibility index (Phi) is 7.92. The van der Waals surface area contributed by atoms with Crippen LogP contribution >= 0.6 is 0 Å². The quantitative estimate of drug-likeness (QED) is 0.306. The Bertz CT molecular complexity index is 1640. The van der Waals surface area contributed by atoms with Gasteiger partial charge in [-0.3, -0.25) is 9.78 Å². The summed E-state index contributed by atoms with van der Waals surface area (Å²) in [6, 6.07) is 11.5. The Morgan fingerprint density at radius 1 is 0.917 bits per heavy atom. The van der Waals surface area contributed by atoms with Crippen molar-refractivity contribution < 1.29 is 14.7 Å². The highest BCUT2D eigenvalue weighted by molar-refractivity contribution is 5.88. The normalized spacial score (nSPS) is 39.5. The van der Waals surface area contributed by atoms with E-state index in [2.05, 4.69) is 64.5 Å². The molecule has 0 saturated heterocycles. The predicted octanol–water partition coefficient (Wildman–Crippen LogP) is 9.75. The fourth-order valence-corrected chi connectivity index (χ4v) is 13.3. The zero-order valence-corrected chi connectivity index (χ0v) is 30.1. The summed E-state index contributed by atoms with van der Waals surface area (Å²) >= 11 is 0. The highest BCUT2D eigenvalue weighted by Crippen LogP contribution is 2.77. The number of fused-ring (bicyclic) bond motifs is 7. The molecule has 1 heterocycles. The van der Waals surface area contributed by atoms with E-state index in [1.807, 2.05) is 30.5 Å². The van der Waals surface area contributed by atoms with Crippen LogP contribution in [0.15, 0.2) is 67.0 Å². The number of pyridine rings is 1. The SMILES string of the molecule is C=C(C)C1CCC2(C(=O)NCc3cccnc3)CCC3(C)C(CCC4C5(C)CC=C(c6ccc(C(=O)O)cc6)C(C)(C)C5CCC43C)C12. The van der Waals surface area contributed by atoms with E-state index >= 15 is 0 Å². The molecular formula is C43H56N2O3. The molecule has 4 saturated carbocycles. The van der Waals surface area contributed by atoms with E-state index < -0.39 is 5.97 Å². The first-order valence-corrected chi connectivity index (χ1v) is 18.6. The van der Waals surface area contributed by atoms with Gasteiger partial charge in [0.25, 0.3) is 0 Å². The Balaban J connectivity index is 1.20. The molecular weight excluding hydrogens is 592 g/mol. The van der Waals surface area contributed by atoms with Crippen LogP contribution in [-0.2, 0) is 11.3 Å². The standard InChI is InChI=1S/C43H56N2O3/c1-27(2)31-16-21-43(38(48)45-26-28-9-8-24-44-25-28)23-22-41(6)33(36(31)43)14-15-35-40(5)19-17-32(29-10-12-30(13-11-29)37(46)47)39(3,4)34(40)18-20-42(35,41)7/h8-13,17,24-25,31,33-36H,1,14-16,18-23,26H2,2-7H3,(H,45,48)(H,46,47). The first-order valence-electron chi connectivity index (χ1n) is 18.6. The molecule has 1 aromatic carbocycles. The topological polar surface area (TPSA) is 79.3 Å². The minimum absolute atomic E-state index is 0.0125. The molecule has 1 aromatic heterocycles. The predicted molar refractivity (Wildman–Crippen MR) is 192 cm³/mol. The van der Waals surface area contributed by atoms with Crippen molar-refractivity contribution in [3.63, 3.8) is 0 Å². The first-order chi connectivity index (χ1) is 22.7. The highest BCUT2D eigenvalue weighted by atomic mass is 16.4. The number of carboxylic acid groups (broad SMARTS) is 1. The fourth-order valence-electron chi connectivity index (χ4n) is 13.3. The van der Waals surface area contributed by atoms with Crippen LogP contribution in [0.1, 0.15) is 121 Å². The van der Waals surface area contributed by atoms with E-state index in [9.17, 15) is 14.7 Å². The summed E-state index contributed by atoms with van der Waals surface area (Å²) < 4.78 is 0. The third-order valence-corrected chi connectivity index (χ3v) is 15.7. The number of nitrogens with zero attached hydrogens (tertiary/aromatic N) is 1. The molecule has 5 nitrogen and oxygen atoms in total. The second-order valence-corrected chi connectivity index (χ2v) is 17.8. The number of carbonyl (C=O) groups is 2. The number of carboxylic acids is 1. The van der Waals surface area contributed by atoms with E-state index in [-0.39, 0.29) is 33.0 Å². The van der Waals surface area contributed by atoms with Crippen LogP contribution in [0.4, 0.5) is 0 Å². The number of amides is 1. The van der Waals surface area contributed by atoms with Gasteiger partial charge in [-0.15, -0.1) is 0 Å². The van der Waals surface area contributed by atoms with Crippen molar-refractivity contribution >= 4 is 17.4 Å². The lowest BCUT2D eigenvalue weighted by Crippen LogP contribution is -2.66. The van der Waals surface area contributed by atoms with Crippen LogP contribution in [0, 0.1) is 56.7 Å². The Labute approximate surface area is 288 Å². The van der Waals surface area contributed by atoms with Gasteiger partial charge in [0, 0.05) is 18.9 Å². The Hall–Kier alpha value is -3.21. The molecule has 48 heavy (non-hydrogen) atoms. The monoisotopic (exact) mass is 648 g/mol. The molecule has 0 aliphatic heterocycles. The summed E-state index contributed by atoms with van der Waals surface area (Å²) in [5, 5.41) is 12.9. The van der Waals surface area contributed by atoms with Crippen LogP contribution in [0.3, 0.4) is 0 Å². The smallest absolute Gasteiger partial charge is 0.335 e. The summed E-state index contributed by atoms with van der Waals surface area (Å²) in [5.41, 5.74) is 5.42. The van der Waals surface area contributed by atoms with Gasteiger partial charge in [0.2, 0.25) is 5.91 Å². The molecule has 5 aliphatic rings. The summed E-state index contributed by atoms with van der Waals surface area (Å²) in [4.78, 5) is 30.2. The molecule has 0 spiro atoms. The molecule has 0 radical (unpaired) electrons. The van der Waals surface area contributed by atoms with Crippen molar-refractivity contribution in [2.75, 3.05) is 0 Å². The molecule has 7 rings (SSSR count). The molecule has 2 aromatic rings. The maximum Gasteiger partial charge on any atom is 0.335 e. The average molecular weight is 649 g/mol. The molecule has 256 valence electrons.